The molecule has 0 spiro atoms. The van der Waals surface area contributed by atoms with Crippen molar-refractivity contribution in [1.29, 1.82) is 0 Å². The number of hydrogen-bond acceptors (Lipinski definition) is 1. The molecule has 0 bridgehead atoms. The van der Waals surface area contributed by atoms with E-state index < -0.39 is 18.5 Å². The Kier molecular flexibility index (Phi) is 6.97. The van der Waals surface area contributed by atoms with Gasteiger partial charge in [0.05, 0.1) is 5.60 Å². The first-order valence-corrected chi connectivity index (χ1v) is 6.74. The smallest absolute Gasteiger partial charge is 0.238 e. The second-order valence-electron chi connectivity index (χ2n) is 5.06. The second kappa shape index (κ2) is 7.97. The van der Waals surface area contributed by atoms with E-state index in [0.29, 0.717) is 32.3 Å². The van der Waals surface area contributed by atoms with Gasteiger partial charge in [0.2, 0.25) is 12.9 Å². The van der Waals surface area contributed by atoms with Gasteiger partial charge in [0.25, 0.3) is 0 Å². The van der Waals surface area contributed by atoms with Crippen LogP contribution in [0.1, 0.15) is 57.8 Å². The van der Waals surface area contributed by atoms with E-state index in [-0.39, 0.29) is 12.8 Å². The van der Waals surface area contributed by atoms with E-state index in [1.54, 1.807) is 0 Å². The molecular formula is C13H22F4O. The highest BCUT2D eigenvalue weighted by Crippen LogP contribution is 2.35. The Bertz CT molecular complexity index is 199. The predicted octanol–water partition coefficient (Wildman–Crippen LogP) is 4.80. The van der Waals surface area contributed by atoms with E-state index in [2.05, 4.69) is 0 Å². The molecule has 1 nitrogen and oxygen atoms in total. The van der Waals surface area contributed by atoms with Crippen LogP contribution in [0.15, 0.2) is 0 Å². The average Bonchev–Trinajstić information content (AvgIpc) is 2.29. The van der Waals surface area contributed by atoms with E-state index in [1.807, 2.05) is 0 Å². The monoisotopic (exact) mass is 270 g/mol. The molecule has 0 aromatic heterocycles. The topological polar surface area (TPSA) is 9.23 Å². The maximum absolute atomic E-state index is 12.1. The summed E-state index contributed by atoms with van der Waals surface area (Å²) < 4.78 is 54.3. The van der Waals surface area contributed by atoms with Crippen LogP contribution in [0.2, 0.25) is 0 Å². The molecule has 1 aliphatic rings. The summed E-state index contributed by atoms with van der Waals surface area (Å²) in [5.74, 6) is 0. The highest BCUT2D eigenvalue weighted by atomic mass is 19.3. The van der Waals surface area contributed by atoms with Gasteiger partial charge in [-0.1, -0.05) is 0 Å². The lowest BCUT2D eigenvalue weighted by molar-refractivity contribution is -0.0936. The van der Waals surface area contributed by atoms with Crippen molar-refractivity contribution >= 4 is 0 Å². The number of hydrogen-bond donors (Lipinski definition) is 0. The zero-order chi connectivity index (χ0) is 13.4. The standard InChI is InChI=1S/C13H22F4O/c14-11(15)5-3-8-13(7-1-2-10-18-13)9-4-6-12(16)17/h11-12H,1-10H2. The van der Waals surface area contributed by atoms with Crippen molar-refractivity contribution < 1.29 is 22.3 Å². The minimum absolute atomic E-state index is 0.125. The molecule has 0 saturated carbocycles. The molecular weight excluding hydrogens is 248 g/mol. The zero-order valence-electron chi connectivity index (χ0n) is 10.6. The van der Waals surface area contributed by atoms with Crippen LogP contribution in [0.4, 0.5) is 17.6 Å². The fourth-order valence-corrected chi connectivity index (χ4v) is 2.59. The molecule has 0 aromatic carbocycles. The summed E-state index contributed by atoms with van der Waals surface area (Å²) in [6, 6.07) is 0. The first-order valence-electron chi connectivity index (χ1n) is 6.74. The van der Waals surface area contributed by atoms with Crippen LogP contribution in [0, 0.1) is 0 Å². The molecule has 5 heteroatoms. The Morgan fingerprint density at radius 1 is 0.889 bits per heavy atom. The number of halogens is 4. The summed E-state index contributed by atoms with van der Waals surface area (Å²) in [6.45, 7) is 0.628. The fourth-order valence-electron chi connectivity index (χ4n) is 2.59. The van der Waals surface area contributed by atoms with Crippen LogP contribution < -0.4 is 0 Å². The largest absolute Gasteiger partial charge is 0.375 e. The van der Waals surface area contributed by atoms with Crippen LogP contribution in [0.5, 0.6) is 0 Å². The summed E-state index contributed by atoms with van der Waals surface area (Å²) in [7, 11) is 0. The van der Waals surface area contributed by atoms with Gasteiger partial charge in [-0.3, -0.25) is 0 Å². The summed E-state index contributed by atoms with van der Waals surface area (Å²) in [4.78, 5) is 0. The fraction of sp³-hybridized carbons (Fsp3) is 1.00. The van der Waals surface area contributed by atoms with Crippen molar-refractivity contribution in [3.63, 3.8) is 0 Å². The Morgan fingerprint density at radius 2 is 1.44 bits per heavy atom. The van der Waals surface area contributed by atoms with Crippen LogP contribution in [-0.4, -0.2) is 25.1 Å². The Balaban J connectivity index is 2.36. The predicted molar refractivity (Wildman–Crippen MR) is 62.2 cm³/mol. The number of ether oxygens (including phenoxy) is 1. The average molecular weight is 270 g/mol. The Morgan fingerprint density at radius 3 is 1.83 bits per heavy atom. The van der Waals surface area contributed by atoms with E-state index >= 15 is 0 Å². The van der Waals surface area contributed by atoms with Gasteiger partial charge in [-0.15, -0.1) is 0 Å². The highest BCUT2D eigenvalue weighted by Gasteiger charge is 2.32. The van der Waals surface area contributed by atoms with Gasteiger partial charge in [-0.2, -0.15) is 0 Å². The lowest BCUT2D eigenvalue weighted by Gasteiger charge is -2.38. The zero-order valence-corrected chi connectivity index (χ0v) is 10.6. The van der Waals surface area contributed by atoms with Crippen molar-refractivity contribution in [2.45, 2.75) is 76.2 Å². The first kappa shape index (κ1) is 15.7. The molecule has 18 heavy (non-hydrogen) atoms. The van der Waals surface area contributed by atoms with Gasteiger partial charge in [-0.05, 0) is 44.9 Å². The van der Waals surface area contributed by atoms with Gasteiger partial charge in [0.1, 0.15) is 0 Å². The molecule has 0 N–H and O–H groups in total. The SMILES string of the molecule is FC(F)CCCC1(CCCC(F)F)CCCCO1. The van der Waals surface area contributed by atoms with E-state index in [0.717, 1.165) is 19.3 Å². The van der Waals surface area contributed by atoms with Crippen LogP contribution >= 0.6 is 0 Å². The minimum atomic E-state index is -2.29. The quantitative estimate of drug-likeness (QED) is 0.576. The van der Waals surface area contributed by atoms with Crippen molar-refractivity contribution in [3.8, 4) is 0 Å². The normalized spacial score (nSPS) is 19.7. The molecule has 0 aliphatic carbocycles. The highest BCUT2D eigenvalue weighted by molar-refractivity contribution is 4.83. The van der Waals surface area contributed by atoms with Crippen molar-refractivity contribution in [1.82, 2.24) is 0 Å². The summed E-state index contributed by atoms with van der Waals surface area (Å²) in [5.41, 5.74) is -0.415. The van der Waals surface area contributed by atoms with Gasteiger partial charge < -0.3 is 4.74 Å². The molecule has 1 saturated heterocycles. The molecule has 0 unspecified atom stereocenters. The lowest BCUT2D eigenvalue weighted by Crippen LogP contribution is -2.36. The van der Waals surface area contributed by atoms with Crippen molar-refractivity contribution in [2.24, 2.45) is 0 Å². The Hall–Kier alpha value is -0.320. The third kappa shape index (κ3) is 6.03. The maximum Gasteiger partial charge on any atom is 0.238 e. The summed E-state index contributed by atoms with van der Waals surface area (Å²) >= 11 is 0. The molecule has 1 aliphatic heterocycles. The van der Waals surface area contributed by atoms with Gasteiger partial charge in [-0.25, -0.2) is 17.6 Å². The van der Waals surface area contributed by atoms with Gasteiger partial charge in [0, 0.05) is 19.4 Å². The first-order chi connectivity index (χ1) is 8.54. The molecule has 0 atom stereocenters. The molecule has 1 heterocycles. The van der Waals surface area contributed by atoms with E-state index in [1.165, 1.54) is 0 Å². The van der Waals surface area contributed by atoms with Crippen LogP contribution in [0.3, 0.4) is 0 Å². The summed E-state index contributed by atoms with van der Waals surface area (Å²) in [6.07, 6.45) is -0.0629. The summed E-state index contributed by atoms with van der Waals surface area (Å²) in [5, 5.41) is 0. The lowest BCUT2D eigenvalue weighted by atomic mass is 9.84. The van der Waals surface area contributed by atoms with Gasteiger partial charge in [0.15, 0.2) is 0 Å². The van der Waals surface area contributed by atoms with E-state index in [4.69, 9.17) is 4.74 Å². The molecule has 0 aromatic rings. The molecule has 1 fully saturated rings. The van der Waals surface area contributed by atoms with Gasteiger partial charge >= 0.3 is 0 Å². The maximum atomic E-state index is 12.1. The number of rotatable bonds is 8. The van der Waals surface area contributed by atoms with Crippen LogP contribution in [-0.2, 0) is 4.74 Å². The minimum Gasteiger partial charge on any atom is -0.375 e. The molecule has 0 radical (unpaired) electrons. The molecule has 108 valence electrons. The van der Waals surface area contributed by atoms with Crippen molar-refractivity contribution in [3.05, 3.63) is 0 Å². The van der Waals surface area contributed by atoms with Crippen molar-refractivity contribution in [2.75, 3.05) is 6.61 Å². The third-order valence-corrected chi connectivity index (χ3v) is 3.54. The third-order valence-electron chi connectivity index (χ3n) is 3.54. The second-order valence-corrected chi connectivity index (χ2v) is 5.06. The van der Waals surface area contributed by atoms with E-state index in [9.17, 15) is 17.6 Å². The molecule has 1 rings (SSSR count). The Labute approximate surface area is 106 Å². The molecule has 0 amide bonds. The van der Waals surface area contributed by atoms with Crippen LogP contribution in [0.25, 0.3) is 0 Å². The number of alkyl halides is 4.